The SMILES string of the molecule is CC(CCC(=O)O)NC(=O)C1CC=CCC1. The summed E-state index contributed by atoms with van der Waals surface area (Å²) in [5.74, 6) is -0.693. The van der Waals surface area contributed by atoms with E-state index in [0.29, 0.717) is 6.42 Å². The molecule has 0 aromatic heterocycles. The van der Waals surface area contributed by atoms with Crippen molar-refractivity contribution in [1.82, 2.24) is 5.32 Å². The van der Waals surface area contributed by atoms with Crippen LogP contribution in [0.2, 0.25) is 0 Å². The van der Waals surface area contributed by atoms with Gasteiger partial charge in [0.15, 0.2) is 0 Å². The van der Waals surface area contributed by atoms with Gasteiger partial charge >= 0.3 is 5.97 Å². The van der Waals surface area contributed by atoms with Crippen molar-refractivity contribution in [2.45, 2.75) is 45.1 Å². The third-order valence-electron chi connectivity index (χ3n) is 2.82. The highest BCUT2D eigenvalue weighted by Crippen LogP contribution is 2.18. The highest BCUT2D eigenvalue weighted by Gasteiger charge is 2.20. The number of hydrogen-bond acceptors (Lipinski definition) is 2. The summed E-state index contributed by atoms with van der Waals surface area (Å²) < 4.78 is 0. The van der Waals surface area contributed by atoms with Gasteiger partial charge < -0.3 is 10.4 Å². The van der Waals surface area contributed by atoms with Gasteiger partial charge in [-0.15, -0.1) is 0 Å². The number of carbonyl (C=O) groups excluding carboxylic acids is 1. The van der Waals surface area contributed by atoms with E-state index >= 15 is 0 Å². The number of allylic oxidation sites excluding steroid dienone is 2. The summed E-state index contributed by atoms with van der Waals surface area (Å²) in [5, 5.41) is 11.4. The molecule has 90 valence electrons. The number of aliphatic carboxylic acids is 1. The van der Waals surface area contributed by atoms with E-state index in [1.54, 1.807) is 0 Å². The summed E-state index contributed by atoms with van der Waals surface area (Å²) in [7, 11) is 0. The van der Waals surface area contributed by atoms with Gasteiger partial charge in [0.25, 0.3) is 0 Å². The number of rotatable bonds is 5. The van der Waals surface area contributed by atoms with Crippen LogP contribution >= 0.6 is 0 Å². The molecule has 1 rings (SSSR count). The van der Waals surface area contributed by atoms with E-state index in [4.69, 9.17) is 5.11 Å². The topological polar surface area (TPSA) is 66.4 Å². The van der Waals surface area contributed by atoms with Crippen LogP contribution in [0, 0.1) is 5.92 Å². The summed E-state index contributed by atoms with van der Waals surface area (Å²) in [5.41, 5.74) is 0. The van der Waals surface area contributed by atoms with Crippen molar-refractivity contribution in [3.8, 4) is 0 Å². The molecule has 0 aromatic rings. The van der Waals surface area contributed by atoms with Crippen molar-refractivity contribution >= 4 is 11.9 Å². The van der Waals surface area contributed by atoms with Gasteiger partial charge in [0.1, 0.15) is 0 Å². The van der Waals surface area contributed by atoms with Crippen molar-refractivity contribution in [3.63, 3.8) is 0 Å². The lowest BCUT2D eigenvalue weighted by atomic mass is 9.93. The predicted molar refractivity (Wildman–Crippen MR) is 61.0 cm³/mol. The van der Waals surface area contributed by atoms with Crippen molar-refractivity contribution in [3.05, 3.63) is 12.2 Å². The maximum absolute atomic E-state index is 11.8. The molecule has 16 heavy (non-hydrogen) atoms. The normalized spacial score (nSPS) is 21.4. The minimum Gasteiger partial charge on any atom is -0.481 e. The fourth-order valence-electron chi connectivity index (χ4n) is 1.80. The molecular weight excluding hydrogens is 206 g/mol. The van der Waals surface area contributed by atoms with E-state index in [1.165, 1.54) is 0 Å². The number of carbonyl (C=O) groups is 2. The summed E-state index contributed by atoms with van der Waals surface area (Å²) in [6.45, 7) is 1.85. The van der Waals surface area contributed by atoms with Crippen LogP contribution in [0.4, 0.5) is 0 Å². The average molecular weight is 225 g/mol. The first-order chi connectivity index (χ1) is 7.59. The Kier molecular flexibility index (Phi) is 5.02. The molecule has 0 aliphatic heterocycles. The second kappa shape index (κ2) is 6.30. The number of amides is 1. The molecule has 4 nitrogen and oxygen atoms in total. The molecular formula is C12H19NO3. The van der Waals surface area contributed by atoms with Crippen LogP contribution in [0.25, 0.3) is 0 Å². The molecule has 0 aromatic carbocycles. The third-order valence-corrected chi connectivity index (χ3v) is 2.82. The summed E-state index contributed by atoms with van der Waals surface area (Å²) in [6.07, 6.45) is 7.38. The molecule has 0 spiro atoms. The van der Waals surface area contributed by atoms with Crippen molar-refractivity contribution in [2.75, 3.05) is 0 Å². The number of carboxylic acids is 1. The smallest absolute Gasteiger partial charge is 0.303 e. The van der Waals surface area contributed by atoms with Crippen LogP contribution in [0.5, 0.6) is 0 Å². The van der Waals surface area contributed by atoms with Crippen LogP contribution in [0.3, 0.4) is 0 Å². The summed E-state index contributed by atoms with van der Waals surface area (Å²) >= 11 is 0. The van der Waals surface area contributed by atoms with Gasteiger partial charge in [0.05, 0.1) is 0 Å². The maximum atomic E-state index is 11.8. The quantitative estimate of drug-likeness (QED) is 0.700. The van der Waals surface area contributed by atoms with Crippen molar-refractivity contribution < 1.29 is 14.7 Å². The molecule has 1 amide bonds. The summed E-state index contributed by atoms with van der Waals surface area (Å²) in [4.78, 5) is 22.1. The molecule has 0 saturated heterocycles. The Bertz CT molecular complexity index is 286. The minimum atomic E-state index is -0.818. The maximum Gasteiger partial charge on any atom is 0.303 e. The average Bonchev–Trinajstić information content (AvgIpc) is 2.27. The Morgan fingerprint density at radius 2 is 2.25 bits per heavy atom. The zero-order chi connectivity index (χ0) is 12.0. The first kappa shape index (κ1) is 12.7. The molecule has 2 unspecified atom stereocenters. The third kappa shape index (κ3) is 4.47. The van der Waals surface area contributed by atoms with Crippen LogP contribution < -0.4 is 5.32 Å². The van der Waals surface area contributed by atoms with Gasteiger partial charge in [-0.2, -0.15) is 0 Å². The molecule has 4 heteroatoms. The van der Waals surface area contributed by atoms with E-state index in [0.717, 1.165) is 19.3 Å². The van der Waals surface area contributed by atoms with Crippen LogP contribution in [-0.4, -0.2) is 23.0 Å². The second-order valence-electron chi connectivity index (χ2n) is 4.32. The van der Waals surface area contributed by atoms with Crippen LogP contribution in [0.1, 0.15) is 39.0 Å². The van der Waals surface area contributed by atoms with Gasteiger partial charge in [0, 0.05) is 18.4 Å². The summed E-state index contributed by atoms with van der Waals surface area (Å²) in [6, 6.07) is -0.0606. The molecule has 1 aliphatic rings. The van der Waals surface area contributed by atoms with Gasteiger partial charge in [0.2, 0.25) is 5.91 Å². The second-order valence-corrected chi connectivity index (χ2v) is 4.32. The minimum absolute atomic E-state index is 0.0576. The van der Waals surface area contributed by atoms with Gasteiger partial charge in [-0.05, 0) is 32.6 Å². The molecule has 0 bridgehead atoms. The Morgan fingerprint density at radius 3 is 2.81 bits per heavy atom. The van der Waals surface area contributed by atoms with E-state index in [2.05, 4.69) is 11.4 Å². The first-order valence-electron chi connectivity index (χ1n) is 5.76. The number of nitrogens with one attached hydrogen (secondary N) is 1. The van der Waals surface area contributed by atoms with Gasteiger partial charge in [-0.1, -0.05) is 12.2 Å². The molecule has 0 fully saturated rings. The zero-order valence-corrected chi connectivity index (χ0v) is 9.61. The highest BCUT2D eigenvalue weighted by molar-refractivity contribution is 5.79. The standard InChI is InChI=1S/C12H19NO3/c1-9(7-8-11(14)15)13-12(16)10-5-3-2-4-6-10/h2-3,9-10H,4-8H2,1H3,(H,13,16)(H,14,15). The van der Waals surface area contributed by atoms with Crippen molar-refractivity contribution in [2.24, 2.45) is 5.92 Å². The van der Waals surface area contributed by atoms with Gasteiger partial charge in [-0.25, -0.2) is 0 Å². The van der Waals surface area contributed by atoms with E-state index in [1.807, 2.05) is 13.0 Å². The molecule has 1 aliphatic carbocycles. The largest absolute Gasteiger partial charge is 0.481 e. The Hall–Kier alpha value is -1.32. The Labute approximate surface area is 95.7 Å². The predicted octanol–water partition coefficient (Wildman–Crippen LogP) is 1.71. The van der Waals surface area contributed by atoms with Crippen LogP contribution in [-0.2, 0) is 9.59 Å². The molecule has 0 saturated carbocycles. The fraction of sp³-hybridized carbons (Fsp3) is 0.667. The van der Waals surface area contributed by atoms with Gasteiger partial charge in [-0.3, -0.25) is 9.59 Å². The lowest BCUT2D eigenvalue weighted by Gasteiger charge is -2.20. The fourth-order valence-corrected chi connectivity index (χ4v) is 1.80. The zero-order valence-electron chi connectivity index (χ0n) is 9.61. The van der Waals surface area contributed by atoms with E-state index < -0.39 is 5.97 Å². The molecule has 0 heterocycles. The molecule has 2 atom stereocenters. The monoisotopic (exact) mass is 225 g/mol. The molecule has 2 N–H and O–H groups in total. The highest BCUT2D eigenvalue weighted by atomic mass is 16.4. The molecule has 0 radical (unpaired) electrons. The van der Waals surface area contributed by atoms with E-state index in [-0.39, 0.29) is 24.3 Å². The first-order valence-corrected chi connectivity index (χ1v) is 5.76. The lowest BCUT2D eigenvalue weighted by molar-refractivity contribution is -0.137. The Balaban J connectivity index is 2.27. The Morgan fingerprint density at radius 1 is 1.50 bits per heavy atom. The number of carboxylic acid groups (broad SMARTS) is 1. The number of hydrogen-bond donors (Lipinski definition) is 2. The van der Waals surface area contributed by atoms with Crippen LogP contribution in [0.15, 0.2) is 12.2 Å². The van der Waals surface area contributed by atoms with Crippen molar-refractivity contribution in [1.29, 1.82) is 0 Å². The van der Waals surface area contributed by atoms with E-state index in [9.17, 15) is 9.59 Å². The lowest BCUT2D eigenvalue weighted by Crippen LogP contribution is -2.37.